The van der Waals surface area contributed by atoms with Crippen LogP contribution in [0.4, 0.5) is 0 Å². The molecule has 0 radical (unpaired) electrons. The van der Waals surface area contributed by atoms with Gasteiger partial charge >= 0.3 is 11.9 Å². The number of carbonyl (C=O) groups excluding carboxylic acids is 2. The second-order valence-corrected chi connectivity index (χ2v) is 18.6. The lowest BCUT2D eigenvalue weighted by molar-refractivity contribution is -0.168. The topological polar surface area (TPSA) is 65.1 Å². The Morgan fingerprint density at radius 3 is 2.12 bits per heavy atom. The van der Waals surface area contributed by atoms with Gasteiger partial charge in [0.2, 0.25) is 0 Å². The Morgan fingerprint density at radius 2 is 1.57 bits per heavy atom. The second kappa shape index (κ2) is 13.4. The lowest BCUT2D eigenvalue weighted by Crippen LogP contribution is -2.61. The highest BCUT2D eigenvalue weighted by atomic mass is 28.4. The molecule has 230 valence electrons. The Labute approximate surface area is 254 Å². The van der Waals surface area contributed by atoms with E-state index in [2.05, 4.69) is 106 Å². The number of esters is 2. The minimum atomic E-state index is -2.23. The smallest absolute Gasteiger partial charge is 0.305 e. The summed E-state index contributed by atoms with van der Waals surface area (Å²) >= 11 is 0. The van der Waals surface area contributed by atoms with Crippen molar-refractivity contribution in [1.29, 1.82) is 0 Å². The Kier molecular flexibility index (Phi) is 10.4. The highest BCUT2D eigenvalue weighted by molar-refractivity contribution is 6.74. The van der Waals surface area contributed by atoms with Crippen LogP contribution in [-0.4, -0.2) is 50.5 Å². The van der Waals surface area contributed by atoms with Crippen LogP contribution in [0, 0.1) is 11.8 Å². The molecular weight excluding hydrogens is 542 g/mol. The van der Waals surface area contributed by atoms with Gasteiger partial charge in [-0.2, -0.15) is 0 Å². The van der Waals surface area contributed by atoms with Crippen LogP contribution < -0.4 is 0 Å². The number of fused-ring (bicyclic) bond motifs is 1. The van der Waals surface area contributed by atoms with Crippen LogP contribution in [0.3, 0.4) is 0 Å². The standard InChI is InChI=1S/C35H51NO5Si/c1-24-31(40-25(2)37)23-29-28(22-32(38)39-6)20-15-21-30(29)36(24)33(26-16-11-9-12-17-26)34(27-18-13-10-14-19-27)41-42(7,8)35(3,4)5/h9-14,16-19,24,28-31,33-34H,15,20-23H2,1-8H3/t24-,28-,29+,30-,31+,33-,34+/m0/s1. The fourth-order valence-corrected chi connectivity index (χ4v) is 8.24. The highest BCUT2D eigenvalue weighted by Crippen LogP contribution is 2.51. The average molecular weight is 594 g/mol. The molecule has 7 atom stereocenters. The summed E-state index contributed by atoms with van der Waals surface area (Å²) in [5, 5.41) is 0.0219. The molecule has 2 aromatic carbocycles. The van der Waals surface area contributed by atoms with Crippen molar-refractivity contribution in [2.45, 2.75) is 115 Å². The number of rotatable bonds is 9. The van der Waals surface area contributed by atoms with Gasteiger partial charge in [-0.1, -0.05) is 87.9 Å². The van der Waals surface area contributed by atoms with Crippen molar-refractivity contribution in [2.75, 3.05) is 7.11 Å². The quantitative estimate of drug-likeness (QED) is 0.218. The number of methoxy groups -OCH3 is 1. The number of nitrogens with zero attached hydrogens (tertiary/aromatic N) is 1. The molecule has 0 aromatic heterocycles. The summed E-state index contributed by atoms with van der Waals surface area (Å²) in [4.78, 5) is 27.5. The zero-order valence-electron chi connectivity index (χ0n) is 26.8. The second-order valence-electron chi connectivity index (χ2n) is 13.8. The molecule has 0 bridgehead atoms. The van der Waals surface area contributed by atoms with Crippen molar-refractivity contribution in [3.63, 3.8) is 0 Å². The minimum absolute atomic E-state index is 0.0219. The van der Waals surface area contributed by atoms with E-state index in [1.807, 2.05) is 0 Å². The van der Waals surface area contributed by atoms with Crippen LogP contribution >= 0.6 is 0 Å². The van der Waals surface area contributed by atoms with Gasteiger partial charge in [0.05, 0.1) is 19.3 Å². The van der Waals surface area contributed by atoms with Crippen molar-refractivity contribution < 1.29 is 23.5 Å². The predicted octanol–water partition coefficient (Wildman–Crippen LogP) is 7.86. The number of hydrogen-bond donors (Lipinski definition) is 0. The van der Waals surface area contributed by atoms with E-state index in [1.165, 1.54) is 19.6 Å². The number of likely N-dealkylation sites (tertiary alicyclic amines) is 1. The van der Waals surface area contributed by atoms with Gasteiger partial charge in [-0.05, 0) is 67.3 Å². The summed E-state index contributed by atoms with van der Waals surface area (Å²) in [6.07, 6.45) is 3.70. The summed E-state index contributed by atoms with van der Waals surface area (Å²) in [6, 6.07) is 21.4. The van der Waals surface area contributed by atoms with E-state index in [1.54, 1.807) is 0 Å². The van der Waals surface area contributed by atoms with E-state index in [4.69, 9.17) is 13.9 Å². The zero-order valence-corrected chi connectivity index (χ0v) is 27.8. The fourth-order valence-electron chi connectivity index (χ4n) is 6.99. The molecule has 6 nitrogen and oxygen atoms in total. The monoisotopic (exact) mass is 593 g/mol. The predicted molar refractivity (Wildman–Crippen MR) is 169 cm³/mol. The molecule has 4 rings (SSSR count). The maximum absolute atomic E-state index is 12.5. The summed E-state index contributed by atoms with van der Waals surface area (Å²) < 4.78 is 18.6. The molecule has 1 saturated carbocycles. The molecule has 2 fully saturated rings. The first-order valence-electron chi connectivity index (χ1n) is 15.6. The molecule has 1 aliphatic carbocycles. The molecule has 0 N–H and O–H groups in total. The van der Waals surface area contributed by atoms with Crippen LogP contribution in [0.25, 0.3) is 0 Å². The fraction of sp³-hybridized carbons (Fsp3) is 0.600. The van der Waals surface area contributed by atoms with Crippen molar-refractivity contribution in [2.24, 2.45) is 11.8 Å². The zero-order chi connectivity index (χ0) is 30.7. The van der Waals surface area contributed by atoms with Gasteiger partial charge in [0.15, 0.2) is 8.32 Å². The molecule has 1 saturated heterocycles. The summed E-state index contributed by atoms with van der Waals surface area (Å²) in [7, 11) is -0.766. The number of ether oxygens (including phenoxy) is 2. The summed E-state index contributed by atoms with van der Waals surface area (Å²) in [5.74, 6) is -0.0528. The van der Waals surface area contributed by atoms with Crippen LogP contribution in [0.1, 0.15) is 90.0 Å². The third-order valence-corrected chi connectivity index (χ3v) is 14.6. The molecule has 0 spiro atoms. The molecular formula is C35H51NO5Si. The van der Waals surface area contributed by atoms with Crippen LogP contribution in [0.2, 0.25) is 18.1 Å². The molecule has 7 heteroatoms. The summed E-state index contributed by atoms with van der Waals surface area (Å²) in [5.41, 5.74) is 2.34. The molecule has 2 aromatic rings. The summed E-state index contributed by atoms with van der Waals surface area (Å²) in [6.45, 7) is 15.2. The highest BCUT2D eigenvalue weighted by Gasteiger charge is 2.52. The largest absolute Gasteiger partial charge is 0.469 e. The van der Waals surface area contributed by atoms with Gasteiger partial charge in [-0.15, -0.1) is 0 Å². The molecule has 0 amide bonds. The van der Waals surface area contributed by atoms with Crippen molar-refractivity contribution in [1.82, 2.24) is 4.90 Å². The van der Waals surface area contributed by atoms with Crippen molar-refractivity contribution >= 4 is 20.3 Å². The molecule has 42 heavy (non-hydrogen) atoms. The van der Waals surface area contributed by atoms with Crippen LogP contribution in [0.15, 0.2) is 60.7 Å². The molecule has 0 unspecified atom stereocenters. The molecule has 1 heterocycles. The van der Waals surface area contributed by atoms with Crippen LogP contribution in [0.5, 0.6) is 0 Å². The SMILES string of the molecule is COC(=O)C[C@@H]1CCC[C@H]2[C@@H]1C[C@@H](OC(C)=O)[C@H](C)N2[C@@H](c1ccccc1)[C@H](O[Si](C)(C)C(C)(C)C)c1ccccc1. The van der Waals surface area contributed by atoms with E-state index >= 15 is 0 Å². The first kappa shape index (κ1) is 32.4. The van der Waals surface area contributed by atoms with Crippen LogP contribution in [-0.2, 0) is 23.5 Å². The maximum atomic E-state index is 12.5. The van der Waals surface area contributed by atoms with E-state index in [0.29, 0.717) is 6.42 Å². The van der Waals surface area contributed by atoms with Gasteiger partial charge in [-0.3, -0.25) is 14.5 Å². The minimum Gasteiger partial charge on any atom is -0.469 e. The number of hydrogen-bond acceptors (Lipinski definition) is 6. The van der Waals surface area contributed by atoms with E-state index in [0.717, 1.165) is 31.2 Å². The van der Waals surface area contributed by atoms with Crippen molar-refractivity contribution in [3.8, 4) is 0 Å². The Balaban J connectivity index is 1.89. The van der Waals surface area contributed by atoms with E-state index in [-0.39, 0.29) is 59.1 Å². The first-order valence-corrected chi connectivity index (χ1v) is 18.5. The van der Waals surface area contributed by atoms with Gasteiger partial charge in [0.25, 0.3) is 0 Å². The molecule has 2 aliphatic rings. The van der Waals surface area contributed by atoms with Gasteiger partial charge in [0, 0.05) is 25.4 Å². The third kappa shape index (κ3) is 7.17. The van der Waals surface area contributed by atoms with Crippen molar-refractivity contribution in [3.05, 3.63) is 71.8 Å². The number of benzene rings is 2. The van der Waals surface area contributed by atoms with E-state index < -0.39 is 8.32 Å². The third-order valence-electron chi connectivity index (χ3n) is 10.1. The normalized spacial score (nSPS) is 26.5. The van der Waals surface area contributed by atoms with Gasteiger partial charge < -0.3 is 13.9 Å². The average Bonchev–Trinajstić information content (AvgIpc) is 2.94. The van der Waals surface area contributed by atoms with Gasteiger partial charge in [-0.25, -0.2) is 0 Å². The Hall–Kier alpha value is -2.48. The van der Waals surface area contributed by atoms with Gasteiger partial charge in [0.1, 0.15) is 6.10 Å². The molecule has 1 aliphatic heterocycles. The number of piperidine rings is 1. The van der Waals surface area contributed by atoms with E-state index in [9.17, 15) is 9.59 Å². The maximum Gasteiger partial charge on any atom is 0.305 e. The number of carbonyl (C=O) groups is 2. The lowest BCUT2D eigenvalue weighted by Gasteiger charge is -2.57. The Bertz CT molecular complexity index is 1180. The first-order chi connectivity index (χ1) is 19.8. The Morgan fingerprint density at radius 1 is 0.976 bits per heavy atom. The lowest BCUT2D eigenvalue weighted by atomic mass is 9.67.